The topological polar surface area (TPSA) is 134 Å². The Kier molecular flexibility index (Phi) is 12.2. The van der Waals surface area contributed by atoms with Crippen LogP contribution in [0, 0.1) is 0 Å². The van der Waals surface area contributed by atoms with Crippen LogP contribution >= 0.6 is 14.3 Å². The van der Waals surface area contributed by atoms with Crippen LogP contribution in [0.15, 0.2) is 135 Å². The average Bonchev–Trinajstić information content (AvgIpc) is 4.22. The molecule has 6 aromatic rings. The maximum absolute atomic E-state index is 13.4. The minimum Gasteiger partial charge on any atom is -0.490 e. The maximum atomic E-state index is 13.4. The summed E-state index contributed by atoms with van der Waals surface area (Å²) in [4.78, 5) is 0. The molecule has 60 heavy (non-hydrogen) atoms. The summed E-state index contributed by atoms with van der Waals surface area (Å²) < 4.78 is 57.0. The number of hydrogen-bond acceptors (Lipinski definition) is 8. The number of aliphatic hydroxyl groups excluding tert-OH is 2. The zero-order valence-corrected chi connectivity index (χ0v) is 36.1. The maximum Gasteiger partial charge on any atom is 0.252 e. The van der Waals surface area contributed by atoms with Crippen LogP contribution in [-0.2, 0) is 31.7 Å². The average molecular weight is 851 g/mol. The highest BCUT2D eigenvalue weighted by molar-refractivity contribution is 7.65. The molecule has 4 atom stereocenters. The Morgan fingerprint density at radius 3 is 1.25 bits per heavy atom. The van der Waals surface area contributed by atoms with Gasteiger partial charge in [-0.15, -0.1) is 0 Å². The molecule has 2 N–H and O–H groups in total. The summed E-state index contributed by atoms with van der Waals surface area (Å²) in [7, 11) is -2.26. The quantitative estimate of drug-likeness (QED) is 0.0655. The lowest BCUT2D eigenvalue weighted by molar-refractivity contribution is -0.692. The van der Waals surface area contributed by atoms with Crippen LogP contribution in [0.25, 0.3) is 44.8 Å². The van der Waals surface area contributed by atoms with Crippen LogP contribution in [0.4, 0.5) is 0 Å². The van der Waals surface area contributed by atoms with Crippen molar-refractivity contribution in [1.29, 1.82) is 0 Å². The fourth-order valence-electron chi connectivity index (χ4n) is 7.59. The molecular formula is C46H52N4O8P2+4. The molecule has 0 amide bonds. The molecule has 2 aliphatic heterocycles. The molecule has 2 aliphatic rings. The number of epoxide rings is 2. The van der Waals surface area contributed by atoms with Crippen molar-refractivity contribution < 1.29 is 56.6 Å². The van der Waals surface area contributed by atoms with Crippen LogP contribution in [-0.4, -0.2) is 73.4 Å². The number of ether oxygens (including phenoxy) is 4. The highest BCUT2D eigenvalue weighted by Gasteiger charge is 2.54. The summed E-state index contributed by atoms with van der Waals surface area (Å²) >= 11 is 0. The summed E-state index contributed by atoms with van der Waals surface area (Å²) in [5.74, 6) is -0.899. The van der Waals surface area contributed by atoms with Gasteiger partial charge in [-0.25, -0.2) is 9.13 Å². The lowest BCUT2D eigenvalue weighted by atomic mass is 10.0. The molecule has 2 aromatic carbocycles. The van der Waals surface area contributed by atoms with Gasteiger partial charge < -0.3 is 38.3 Å². The smallest absolute Gasteiger partial charge is 0.252 e. The van der Waals surface area contributed by atoms with Crippen molar-refractivity contribution >= 4 is 14.3 Å². The zero-order valence-electron chi connectivity index (χ0n) is 34.3. The number of pyridine rings is 4. The van der Waals surface area contributed by atoms with E-state index in [1.54, 1.807) is 14.2 Å². The third-order valence-electron chi connectivity index (χ3n) is 11.6. The van der Waals surface area contributed by atoms with Crippen molar-refractivity contribution in [3.05, 3.63) is 135 Å². The molecule has 2 saturated heterocycles. The molecule has 0 saturated carbocycles. The Labute approximate surface area is 350 Å². The van der Waals surface area contributed by atoms with Crippen LogP contribution in [0.3, 0.4) is 0 Å². The van der Waals surface area contributed by atoms with E-state index in [1.165, 1.54) is 13.8 Å². The third kappa shape index (κ3) is 8.86. The van der Waals surface area contributed by atoms with E-state index in [9.17, 15) is 19.3 Å². The molecular weight excluding hydrogens is 798 g/mol. The van der Waals surface area contributed by atoms with Crippen molar-refractivity contribution in [3.8, 4) is 56.3 Å². The molecule has 0 radical (unpaired) electrons. The summed E-state index contributed by atoms with van der Waals surface area (Å²) in [6.07, 6.45) is 16.8. The fraction of sp³-hybridized carbons (Fsp3) is 0.304. The number of hydrogen-bond donors (Lipinski definition) is 2. The number of nitrogens with zero attached hydrogens (tertiary/aromatic N) is 4. The van der Waals surface area contributed by atoms with Crippen molar-refractivity contribution in [2.24, 2.45) is 0 Å². The summed E-state index contributed by atoms with van der Waals surface area (Å²) in [6, 6.07) is 28.7. The van der Waals surface area contributed by atoms with E-state index in [2.05, 4.69) is 47.0 Å². The first-order chi connectivity index (χ1) is 29.0. The molecule has 310 valence electrons. The van der Waals surface area contributed by atoms with Gasteiger partial charge in [0.25, 0.3) is 11.4 Å². The number of aromatic nitrogens is 4. The SMILES string of the molecule is COc1cc(-c2ccc(-[n+]3ccc(-c4cc[n+](CCP(=O)(C5CO5)C5CO5)cc4)cc3)c(OC)c2)ccc1-[n+]1ccc(-c2cc[n+](CCP(=O)(C(C)O)C(C)O)cc2)cc1. The van der Waals surface area contributed by atoms with Crippen LogP contribution in [0.5, 0.6) is 11.5 Å². The Bertz CT molecular complexity index is 2350. The van der Waals surface area contributed by atoms with E-state index in [4.69, 9.17) is 18.9 Å². The third-order valence-corrected chi connectivity index (χ3v) is 18.5. The van der Waals surface area contributed by atoms with Gasteiger partial charge in [0.05, 0.1) is 39.8 Å². The molecule has 4 aromatic heterocycles. The highest BCUT2D eigenvalue weighted by Crippen LogP contribution is 2.64. The van der Waals surface area contributed by atoms with Crippen molar-refractivity contribution in [3.63, 3.8) is 0 Å². The first-order valence-corrected chi connectivity index (χ1v) is 24.2. The van der Waals surface area contributed by atoms with Gasteiger partial charge in [0.1, 0.15) is 30.5 Å². The standard InChI is InChI=1S/C46H52N4O8P2/c1-33(51)59(53,34(2)52)27-25-47-17-9-35(10-18-47)37-13-21-49(22-14-37)41-7-5-39(29-43(41)55-3)40-6-8-42(44(30-40)56-4)50-23-15-38(16-24-50)36-11-19-48(20-12-36)26-28-60(54,45-31-57-45)46-32-58-46/h5-24,29-30,33-34,45-46,51-52H,25-28,31-32H2,1-4H3/q+4. The lowest BCUT2D eigenvalue weighted by Crippen LogP contribution is -2.36. The molecule has 6 heterocycles. The largest absolute Gasteiger partial charge is 0.490 e. The van der Waals surface area contributed by atoms with Crippen LogP contribution in [0.2, 0.25) is 0 Å². The van der Waals surface area contributed by atoms with Gasteiger partial charge in [-0.2, -0.15) is 9.13 Å². The number of methoxy groups -OCH3 is 2. The minimum absolute atomic E-state index is 0.122. The molecule has 4 unspecified atom stereocenters. The second kappa shape index (κ2) is 17.5. The second-order valence-corrected chi connectivity index (χ2v) is 22.4. The number of rotatable bonds is 17. The van der Waals surface area contributed by atoms with Gasteiger partial charge >= 0.3 is 0 Å². The van der Waals surface area contributed by atoms with Gasteiger partial charge in [-0.1, -0.05) is 0 Å². The normalized spacial score (nSPS) is 18.8. The Hall–Kier alpha value is -5.06. The summed E-state index contributed by atoms with van der Waals surface area (Å²) in [5, 5.41) is 20.0. The number of aryl methyl sites for hydroxylation is 2. The van der Waals surface area contributed by atoms with E-state index in [0.717, 1.165) is 56.3 Å². The first-order valence-electron chi connectivity index (χ1n) is 20.1. The second-order valence-electron chi connectivity index (χ2n) is 15.4. The van der Waals surface area contributed by atoms with Gasteiger partial charge in [0.15, 0.2) is 81.3 Å². The van der Waals surface area contributed by atoms with Crippen molar-refractivity contribution in [1.82, 2.24) is 0 Å². The highest BCUT2D eigenvalue weighted by atomic mass is 31.2. The van der Waals surface area contributed by atoms with Gasteiger partial charge in [-0.05, 0) is 71.5 Å². The molecule has 0 aliphatic carbocycles. The van der Waals surface area contributed by atoms with E-state index < -0.39 is 26.0 Å². The Morgan fingerprint density at radius 1 is 0.567 bits per heavy atom. The Balaban J connectivity index is 0.922. The summed E-state index contributed by atoms with van der Waals surface area (Å²) in [6.45, 7) is 5.22. The molecule has 2 fully saturated rings. The van der Waals surface area contributed by atoms with E-state index >= 15 is 0 Å². The fourth-order valence-corrected chi connectivity index (χ4v) is 12.2. The number of aliphatic hydroxyl groups is 2. The van der Waals surface area contributed by atoms with Crippen LogP contribution < -0.4 is 27.7 Å². The minimum atomic E-state index is -3.13. The molecule has 12 nitrogen and oxygen atoms in total. The van der Waals surface area contributed by atoms with Crippen molar-refractivity contribution in [2.45, 2.75) is 50.3 Å². The van der Waals surface area contributed by atoms with E-state index in [-0.39, 0.29) is 17.9 Å². The molecule has 14 heteroatoms. The van der Waals surface area contributed by atoms with Crippen molar-refractivity contribution in [2.75, 3.05) is 39.8 Å². The van der Waals surface area contributed by atoms with E-state index in [1.807, 2.05) is 106 Å². The number of benzene rings is 2. The lowest BCUT2D eigenvalue weighted by Gasteiger charge is -2.22. The summed E-state index contributed by atoms with van der Waals surface area (Å²) in [5.41, 5.74) is 8.01. The van der Waals surface area contributed by atoms with Gasteiger partial charge in [0, 0.05) is 60.7 Å². The molecule has 0 spiro atoms. The zero-order chi connectivity index (χ0) is 42.0. The molecule has 8 rings (SSSR count). The Morgan fingerprint density at radius 2 is 0.917 bits per heavy atom. The van der Waals surface area contributed by atoms with Gasteiger partial charge in [-0.3, -0.25) is 0 Å². The van der Waals surface area contributed by atoms with Gasteiger partial charge in [0.2, 0.25) is 0 Å². The van der Waals surface area contributed by atoms with Crippen LogP contribution in [0.1, 0.15) is 13.8 Å². The predicted octanol–water partition coefficient (Wildman–Crippen LogP) is 5.95. The monoisotopic (exact) mass is 850 g/mol. The predicted molar refractivity (Wildman–Crippen MR) is 227 cm³/mol. The molecule has 0 bridgehead atoms. The van der Waals surface area contributed by atoms with E-state index in [0.29, 0.717) is 32.5 Å². The first kappa shape index (κ1) is 41.7.